The quantitative estimate of drug-likeness (QED) is 0.627. The summed E-state index contributed by atoms with van der Waals surface area (Å²) < 4.78 is 0. The van der Waals surface area contributed by atoms with Gasteiger partial charge in [0, 0.05) is 5.02 Å². The van der Waals surface area contributed by atoms with Crippen LogP contribution >= 0.6 is 11.6 Å². The fourth-order valence-electron chi connectivity index (χ4n) is 1.81. The van der Waals surface area contributed by atoms with Crippen molar-refractivity contribution < 1.29 is 0 Å². The van der Waals surface area contributed by atoms with Crippen molar-refractivity contribution in [2.75, 3.05) is 0 Å². The Labute approximate surface area is 92.3 Å². The molecule has 1 aromatic carbocycles. The second kappa shape index (κ2) is 3.94. The smallest absolute Gasteiger partial charge is 0.0446 e. The van der Waals surface area contributed by atoms with Gasteiger partial charge in [-0.25, -0.2) is 0 Å². The zero-order valence-corrected chi connectivity index (χ0v) is 10.4. The predicted molar refractivity (Wildman–Crippen MR) is 64.2 cm³/mol. The minimum absolute atomic E-state index is 0.123. The molecule has 1 aromatic rings. The molecule has 0 fully saturated rings. The number of hydrogen-bond donors (Lipinski definition) is 0. The molecule has 0 N–H and O–H groups in total. The van der Waals surface area contributed by atoms with E-state index < -0.39 is 0 Å². The zero-order chi connectivity index (χ0) is 10.9. The minimum atomic E-state index is 0.123. The van der Waals surface area contributed by atoms with Crippen LogP contribution in [0.5, 0.6) is 0 Å². The molecule has 78 valence electrons. The van der Waals surface area contributed by atoms with Gasteiger partial charge in [0.2, 0.25) is 0 Å². The van der Waals surface area contributed by atoms with Crippen LogP contribution in [0.25, 0.3) is 0 Å². The second-order valence-electron chi connectivity index (χ2n) is 5.11. The highest BCUT2D eigenvalue weighted by atomic mass is 35.5. The summed E-state index contributed by atoms with van der Waals surface area (Å²) in [5, 5.41) is 0.892. The molecular formula is C13H19Cl. The maximum absolute atomic E-state index is 6.26. The minimum Gasteiger partial charge on any atom is -0.0840 e. The first-order valence-corrected chi connectivity index (χ1v) is 5.50. The molecule has 0 heterocycles. The van der Waals surface area contributed by atoms with Gasteiger partial charge in [0.15, 0.2) is 0 Å². The lowest BCUT2D eigenvalue weighted by Gasteiger charge is -2.26. The molecule has 0 aliphatic rings. The van der Waals surface area contributed by atoms with Gasteiger partial charge in [-0.1, -0.05) is 58.4 Å². The molecule has 1 rings (SSSR count). The van der Waals surface area contributed by atoms with E-state index in [1.54, 1.807) is 0 Å². The van der Waals surface area contributed by atoms with E-state index in [1.807, 2.05) is 12.1 Å². The Balaban J connectivity index is 3.38. The van der Waals surface area contributed by atoms with E-state index in [-0.39, 0.29) is 5.41 Å². The normalized spacial score (nSPS) is 12.2. The van der Waals surface area contributed by atoms with E-state index in [1.165, 1.54) is 11.1 Å². The predicted octanol–water partition coefficient (Wildman–Crippen LogP) is 4.76. The summed E-state index contributed by atoms with van der Waals surface area (Å²) in [5.74, 6) is 0.530. The number of rotatable bonds is 1. The molecule has 0 amide bonds. The molecule has 0 saturated carbocycles. The summed E-state index contributed by atoms with van der Waals surface area (Å²) in [5.41, 5.74) is 2.78. The summed E-state index contributed by atoms with van der Waals surface area (Å²) in [4.78, 5) is 0. The molecule has 0 unspecified atom stereocenters. The average molecular weight is 211 g/mol. The van der Waals surface area contributed by atoms with Gasteiger partial charge in [-0.15, -0.1) is 0 Å². The lowest BCUT2D eigenvalue weighted by atomic mass is 9.81. The third-order valence-corrected chi connectivity index (χ3v) is 2.73. The molecular weight excluding hydrogens is 192 g/mol. The highest BCUT2D eigenvalue weighted by Gasteiger charge is 2.21. The third kappa shape index (κ3) is 2.30. The lowest BCUT2D eigenvalue weighted by molar-refractivity contribution is 0.577. The largest absolute Gasteiger partial charge is 0.0840 e. The monoisotopic (exact) mass is 210 g/mol. The van der Waals surface area contributed by atoms with Crippen LogP contribution in [0.2, 0.25) is 5.02 Å². The highest BCUT2D eigenvalue weighted by molar-refractivity contribution is 6.31. The van der Waals surface area contributed by atoms with E-state index in [4.69, 9.17) is 11.6 Å². The van der Waals surface area contributed by atoms with Crippen molar-refractivity contribution in [1.29, 1.82) is 0 Å². The van der Waals surface area contributed by atoms with Crippen LogP contribution in [0.1, 0.15) is 51.7 Å². The fourth-order valence-corrected chi connectivity index (χ4v) is 2.28. The molecule has 0 nitrogen and oxygen atoms in total. The van der Waals surface area contributed by atoms with Crippen molar-refractivity contribution in [2.24, 2.45) is 0 Å². The van der Waals surface area contributed by atoms with Gasteiger partial charge in [-0.2, -0.15) is 0 Å². The van der Waals surface area contributed by atoms with Gasteiger partial charge in [-0.3, -0.25) is 0 Å². The number of benzene rings is 1. The van der Waals surface area contributed by atoms with Gasteiger partial charge >= 0.3 is 0 Å². The van der Waals surface area contributed by atoms with Gasteiger partial charge in [0.25, 0.3) is 0 Å². The summed E-state index contributed by atoms with van der Waals surface area (Å²) in [6, 6.07) is 6.19. The Morgan fingerprint density at radius 3 is 2.07 bits per heavy atom. The average Bonchev–Trinajstić information content (AvgIpc) is 2.01. The molecule has 1 heteroatoms. The van der Waals surface area contributed by atoms with Crippen molar-refractivity contribution in [1.82, 2.24) is 0 Å². The van der Waals surface area contributed by atoms with E-state index in [2.05, 4.69) is 40.7 Å². The molecule has 0 atom stereocenters. The molecule has 0 radical (unpaired) electrons. The van der Waals surface area contributed by atoms with Crippen LogP contribution < -0.4 is 0 Å². The van der Waals surface area contributed by atoms with E-state index in [0.29, 0.717) is 5.92 Å². The fraction of sp³-hybridized carbons (Fsp3) is 0.538. The SMILES string of the molecule is CC(C)c1cccc(Cl)c1C(C)(C)C. The Morgan fingerprint density at radius 1 is 1.14 bits per heavy atom. The van der Waals surface area contributed by atoms with Crippen LogP contribution in [0.4, 0.5) is 0 Å². The molecule has 0 spiro atoms. The first kappa shape index (κ1) is 11.6. The maximum Gasteiger partial charge on any atom is 0.0446 e. The van der Waals surface area contributed by atoms with Crippen molar-refractivity contribution in [2.45, 2.75) is 46.0 Å². The zero-order valence-electron chi connectivity index (χ0n) is 9.69. The standard InChI is InChI=1S/C13H19Cl/c1-9(2)10-7-6-8-11(14)12(10)13(3,4)5/h6-9H,1-5H3. The molecule has 0 aromatic heterocycles. The lowest BCUT2D eigenvalue weighted by Crippen LogP contribution is -2.15. The van der Waals surface area contributed by atoms with Crippen molar-refractivity contribution >= 4 is 11.6 Å². The first-order chi connectivity index (χ1) is 6.34. The summed E-state index contributed by atoms with van der Waals surface area (Å²) in [6.45, 7) is 11.0. The molecule has 0 aliphatic heterocycles. The topological polar surface area (TPSA) is 0 Å². The Morgan fingerprint density at radius 2 is 1.71 bits per heavy atom. The van der Waals surface area contributed by atoms with E-state index >= 15 is 0 Å². The van der Waals surface area contributed by atoms with Crippen molar-refractivity contribution in [3.05, 3.63) is 34.3 Å². The Bertz CT molecular complexity index is 318. The van der Waals surface area contributed by atoms with Crippen LogP contribution in [0, 0.1) is 0 Å². The summed E-state index contributed by atoms with van der Waals surface area (Å²) >= 11 is 6.26. The maximum atomic E-state index is 6.26. The van der Waals surface area contributed by atoms with Gasteiger partial charge in [-0.05, 0) is 28.5 Å². The third-order valence-electron chi connectivity index (χ3n) is 2.42. The van der Waals surface area contributed by atoms with E-state index in [9.17, 15) is 0 Å². The first-order valence-electron chi connectivity index (χ1n) is 5.13. The van der Waals surface area contributed by atoms with E-state index in [0.717, 1.165) is 5.02 Å². The van der Waals surface area contributed by atoms with Crippen molar-refractivity contribution in [3.63, 3.8) is 0 Å². The number of hydrogen-bond acceptors (Lipinski definition) is 0. The summed E-state index contributed by atoms with van der Waals surface area (Å²) in [7, 11) is 0. The summed E-state index contributed by atoms with van der Waals surface area (Å²) in [6.07, 6.45) is 0. The van der Waals surface area contributed by atoms with Crippen molar-refractivity contribution in [3.8, 4) is 0 Å². The van der Waals surface area contributed by atoms with Gasteiger partial charge in [0.1, 0.15) is 0 Å². The van der Waals surface area contributed by atoms with Gasteiger partial charge < -0.3 is 0 Å². The van der Waals surface area contributed by atoms with Gasteiger partial charge in [0.05, 0.1) is 0 Å². The molecule has 0 saturated heterocycles. The molecule has 0 aliphatic carbocycles. The van der Waals surface area contributed by atoms with Crippen LogP contribution in [-0.2, 0) is 5.41 Å². The van der Waals surface area contributed by atoms with Crippen LogP contribution in [0.15, 0.2) is 18.2 Å². The Hall–Kier alpha value is -0.490. The van der Waals surface area contributed by atoms with Crippen LogP contribution in [-0.4, -0.2) is 0 Å². The second-order valence-corrected chi connectivity index (χ2v) is 5.52. The van der Waals surface area contributed by atoms with Crippen LogP contribution in [0.3, 0.4) is 0 Å². The number of halogens is 1. The Kier molecular flexibility index (Phi) is 3.26. The highest BCUT2D eigenvalue weighted by Crippen LogP contribution is 2.35. The molecule has 0 bridgehead atoms. The molecule has 14 heavy (non-hydrogen) atoms.